The maximum absolute atomic E-state index is 12.9. The Balaban J connectivity index is 1.84. The van der Waals surface area contributed by atoms with E-state index in [1.54, 1.807) is 6.92 Å². The van der Waals surface area contributed by atoms with Gasteiger partial charge in [0.05, 0.1) is 24.6 Å². The molecule has 2 aromatic heterocycles. The third-order valence-corrected chi connectivity index (χ3v) is 3.43. The summed E-state index contributed by atoms with van der Waals surface area (Å²) >= 11 is 0. The van der Waals surface area contributed by atoms with Gasteiger partial charge in [-0.3, -0.25) is 0 Å². The lowest BCUT2D eigenvalue weighted by atomic mass is 10.2. The summed E-state index contributed by atoms with van der Waals surface area (Å²) in [5.41, 5.74) is -0.939. The summed E-state index contributed by atoms with van der Waals surface area (Å²) in [5.74, 6) is -0.336. The van der Waals surface area contributed by atoms with Gasteiger partial charge >= 0.3 is 12.1 Å². The number of carbonyl (C=O) groups is 1. The molecule has 0 aliphatic heterocycles. The average molecular weight is 382 g/mol. The van der Waals surface area contributed by atoms with Crippen LogP contribution in [-0.4, -0.2) is 33.0 Å². The molecule has 8 nitrogen and oxygen atoms in total. The van der Waals surface area contributed by atoms with Crippen molar-refractivity contribution >= 4 is 5.97 Å². The SMILES string of the molecule is COc1cn(-c2cccc(C(F)(F)F)c2)nc1C(=O)OCc1nc(C)no1. The molecule has 27 heavy (non-hydrogen) atoms. The molecule has 3 rings (SSSR count). The number of hydrogen-bond donors (Lipinski definition) is 0. The van der Waals surface area contributed by atoms with Crippen molar-refractivity contribution in [2.24, 2.45) is 0 Å². The number of hydrogen-bond acceptors (Lipinski definition) is 7. The second-order valence-corrected chi connectivity index (χ2v) is 5.35. The van der Waals surface area contributed by atoms with Gasteiger partial charge in [0, 0.05) is 0 Å². The molecule has 2 heterocycles. The van der Waals surface area contributed by atoms with E-state index in [0.29, 0.717) is 5.82 Å². The number of nitrogens with zero attached hydrogens (tertiary/aromatic N) is 4. The minimum atomic E-state index is -4.50. The zero-order valence-corrected chi connectivity index (χ0v) is 14.1. The molecule has 0 atom stereocenters. The zero-order valence-electron chi connectivity index (χ0n) is 14.1. The van der Waals surface area contributed by atoms with Gasteiger partial charge in [-0.15, -0.1) is 0 Å². The van der Waals surface area contributed by atoms with Crippen molar-refractivity contribution in [3.8, 4) is 11.4 Å². The first-order chi connectivity index (χ1) is 12.8. The summed E-state index contributed by atoms with van der Waals surface area (Å²) in [6.45, 7) is 1.33. The molecule has 0 fully saturated rings. The monoisotopic (exact) mass is 382 g/mol. The molecular formula is C16H13F3N4O4. The number of aromatic nitrogens is 4. The lowest BCUT2D eigenvalue weighted by Gasteiger charge is -2.08. The molecule has 0 spiro atoms. The quantitative estimate of drug-likeness (QED) is 0.627. The molecular weight excluding hydrogens is 369 g/mol. The topological polar surface area (TPSA) is 92.3 Å². The molecule has 0 N–H and O–H groups in total. The van der Waals surface area contributed by atoms with Gasteiger partial charge in [-0.25, -0.2) is 9.48 Å². The number of benzene rings is 1. The van der Waals surface area contributed by atoms with Gasteiger partial charge in [-0.1, -0.05) is 11.2 Å². The third kappa shape index (κ3) is 4.07. The van der Waals surface area contributed by atoms with Gasteiger partial charge in [0.25, 0.3) is 5.89 Å². The molecule has 0 saturated carbocycles. The standard InChI is InChI=1S/C16H13F3N4O4/c1-9-20-13(27-22-9)8-26-15(24)14-12(25-2)7-23(21-14)11-5-3-4-10(6-11)16(17,18)19/h3-7H,8H2,1-2H3. The lowest BCUT2D eigenvalue weighted by molar-refractivity contribution is -0.137. The molecule has 0 aliphatic rings. The molecule has 0 amide bonds. The molecule has 142 valence electrons. The van der Waals surface area contributed by atoms with Gasteiger partial charge in [0.1, 0.15) is 0 Å². The number of ether oxygens (including phenoxy) is 2. The minimum Gasteiger partial charge on any atom is -0.493 e. The molecule has 0 bridgehead atoms. The number of carbonyl (C=O) groups excluding carboxylic acids is 1. The van der Waals surface area contributed by atoms with Gasteiger partial charge in [0.2, 0.25) is 5.69 Å². The van der Waals surface area contributed by atoms with E-state index in [4.69, 9.17) is 14.0 Å². The van der Waals surface area contributed by atoms with Crippen molar-refractivity contribution in [3.63, 3.8) is 0 Å². The highest BCUT2D eigenvalue weighted by Gasteiger charge is 2.31. The number of alkyl halides is 3. The van der Waals surface area contributed by atoms with E-state index < -0.39 is 17.7 Å². The van der Waals surface area contributed by atoms with Crippen LogP contribution in [0, 0.1) is 6.92 Å². The summed E-state index contributed by atoms with van der Waals surface area (Å²) in [6, 6.07) is 4.49. The number of esters is 1. The maximum atomic E-state index is 12.9. The molecule has 1 aromatic carbocycles. The molecule has 11 heteroatoms. The summed E-state index contributed by atoms with van der Waals surface area (Å²) in [7, 11) is 1.30. The van der Waals surface area contributed by atoms with Crippen LogP contribution in [0.5, 0.6) is 5.75 Å². The largest absolute Gasteiger partial charge is 0.493 e. The average Bonchev–Trinajstić information content (AvgIpc) is 3.25. The predicted molar refractivity (Wildman–Crippen MR) is 83.3 cm³/mol. The Bertz CT molecular complexity index is 965. The van der Waals surface area contributed by atoms with Gasteiger partial charge in [-0.2, -0.15) is 23.3 Å². The Morgan fingerprint density at radius 1 is 1.33 bits per heavy atom. The second kappa shape index (κ2) is 7.09. The minimum absolute atomic E-state index is 0.0409. The van der Waals surface area contributed by atoms with Crippen molar-refractivity contribution in [3.05, 3.63) is 53.4 Å². The van der Waals surface area contributed by atoms with Crippen molar-refractivity contribution in [2.45, 2.75) is 19.7 Å². The van der Waals surface area contributed by atoms with E-state index in [-0.39, 0.29) is 29.6 Å². The highest BCUT2D eigenvalue weighted by atomic mass is 19.4. The van der Waals surface area contributed by atoms with Gasteiger partial charge < -0.3 is 14.0 Å². The number of methoxy groups -OCH3 is 1. The molecule has 0 saturated heterocycles. The van der Waals surface area contributed by atoms with E-state index in [1.165, 1.54) is 25.4 Å². The van der Waals surface area contributed by atoms with E-state index in [2.05, 4.69) is 15.2 Å². The van der Waals surface area contributed by atoms with Gasteiger partial charge in [0.15, 0.2) is 18.2 Å². The van der Waals surface area contributed by atoms with Crippen LogP contribution >= 0.6 is 0 Å². The summed E-state index contributed by atoms with van der Waals surface area (Å²) in [6.07, 6.45) is -3.22. The Hall–Kier alpha value is -3.37. The summed E-state index contributed by atoms with van der Waals surface area (Å²) < 4.78 is 54.6. The van der Waals surface area contributed by atoms with Crippen LogP contribution in [0.15, 0.2) is 35.0 Å². The van der Waals surface area contributed by atoms with Crippen LogP contribution in [0.4, 0.5) is 13.2 Å². The van der Waals surface area contributed by atoms with E-state index in [0.717, 1.165) is 16.8 Å². The fraction of sp³-hybridized carbons (Fsp3) is 0.250. The third-order valence-electron chi connectivity index (χ3n) is 3.43. The van der Waals surface area contributed by atoms with E-state index >= 15 is 0 Å². The van der Waals surface area contributed by atoms with E-state index in [1.807, 2.05) is 0 Å². The molecule has 0 unspecified atom stereocenters. The van der Waals surface area contributed by atoms with Crippen LogP contribution in [0.3, 0.4) is 0 Å². The second-order valence-electron chi connectivity index (χ2n) is 5.35. The van der Waals surface area contributed by atoms with E-state index in [9.17, 15) is 18.0 Å². The summed E-state index contributed by atoms with van der Waals surface area (Å²) in [4.78, 5) is 16.1. The van der Waals surface area contributed by atoms with Crippen LogP contribution in [0.2, 0.25) is 0 Å². The Morgan fingerprint density at radius 3 is 2.74 bits per heavy atom. The van der Waals surface area contributed by atoms with Crippen molar-refractivity contribution < 1.29 is 32.0 Å². The number of rotatable bonds is 5. The fourth-order valence-electron chi connectivity index (χ4n) is 2.20. The fourth-order valence-corrected chi connectivity index (χ4v) is 2.20. The maximum Gasteiger partial charge on any atom is 0.416 e. The molecule has 0 radical (unpaired) electrons. The highest BCUT2D eigenvalue weighted by molar-refractivity contribution is 5.90. The highest BCUT2D eigenvalue weighted by Crippen LogP contribution is 2.30. The first kappa shape index (κ1) is 18.4. The van der Waals surface area contributed by atoms with Crippen molar-refractivity contribution in [1.82, 2.24) is 19.9 Å². The predicted octanol–water partition coefficient (Wildman–Crippen LogP) is 2.95. The first-order valence-electron chi connectivity index (χ1n) is 7.55. The number of halogens is 3. The number of aryl methyl sites for hydroxylation is 1. The molecule has 3 aromatic rings. The normalized spacial score (nSPS) is 11.4. The zero-order chi connectivity index (χ0) is 19.6. The Morgan fingerprint density at radius 2 is 2.11 bits per heavy atom. The Labute approximate surface area is 150 Å². The smallest absolute Gasteiger partial charge is 0.416 e. The van der Waals surface area contributed by atoms with Gasteiger partial charge in [-0.05, 0) is 25.1 Å². The van der Waals surface area contributed by atoms with Crippen LogP contribution < -0.4 is 4.74 Å². The molecule has 0 aliphatic carbocycles. The summed E-state index contributed by atoms with van der Waals surface area (Å²) in [5, 5.41) is 7.53. The van der Waals surface area contributed by atoms with Crippen LogP contribution in [0.1, 0.15) is 27.8 Å². The van der Waals surface area contributed by atoms with Crippen molar-refractivity contribution in [1.29, 1.82) is 0 Å². The first-order valence-corrected chi connectivity index (χ1v) is 7.55. The van der Waals surface area contributed by atoms with Crippen molar-refractivity contribution in [2.75, 3.05) is 7.11 Å². The Kier molecular flexibility index (Phi) is 4.84. The van der Waals surface area contributed by atoms with Crippen LogP contribution in [-0.2, 0) is 17.5 Å². The van der Waals surface area contributed by atoms with Crippen LogP contribution in [0.25, 0.3) is 5.69 Å². The lowest BCUT2D eigenvalue weighted by Crippen LogP contribution is -2.09.